The fraction of sp³-hybridized carbons (Fsp3) is 0.920. The summed E-state index contributed by atoms with van der Waals surface area (Å²) in [6.07, 6.45) is 42.7. The number of esters is 7. The maximum Gasteiger partial charge on any atom is 0.404 e. The summed E-state index contributed by atoms with van der Waals surface area (Å²) in [5.41, 5.74) is -3.63. The van der Waals surface area contributed by atoms with Crippen LogP contribution in [-0.2, 0) is 99.9 Å². The number of halogens is 3. The van der Waals surface area contributed by atoms with Crippen LogP contribution in [0.3, 0.4) is 0 Å². The lowest BCUT2D eigenvalue weighted by Crippen LogP contribution is -2.43. The van der Waals surface area contributed by atoms with Crippen molar-refractivity contribution in [3.05, 3.63) is 0 Å². The van der Waals surface area contributed by atoms with Gasteiger partial charge in [0.2, 0.25) is 0 Å². The number of rotatable bonds is 35. The zero-order valence-electron chi connectivity index (χ0n) is 73.1. The maximum absolute atomic E-state index is 12.8. The molecule has 24 heteroatoms. The van der Waals surface area contributed by atoms with Gasteiger partial charge in [-0.1, -0.05) is 204 Å². The molecule has 7 fully saturated rings. The lowest BCUT2D eigenvalue weighted by Gasteiger charge is -2.29. The van der Waals surface area contributed by atoms with Crippen molar-refractivity contribution in [3.8, 4) is 0 Å². The summed E-state index contributed by atoms with van der Waals surface area (Å²) < 4.78 is 112. The normalized spacial score (nSPS) is 19.4. The Bertz CT molecular complexity index is 2430. The highest BCUT2D eigenvalue weighted by atomic mass is 19.4. The van der Waals surface area contributed by atoms with Crippen LogP contribution >= 0.6 is 0 Å². The molecule has 0 heterocycles. The van der Waals surface area contributed by atoms with Gasteiger partial charge < -0.3 is 66.3 Å². The Kier molecular flexibility index (Phi) is 57.8. The third kappa shape index (κ3) is 47.3. The lowest BCUT2D eigenvalue weighted by atomic mass is 9.87. The van der Waals surface area contributed by atoms with Crippen LogP contribution in [0, 0.1) is 39.4 Å². The van der Waals surface area contributed by atoms with E-state index < -0.39 is 35.2 Å². The van der Waals surface area contributed by atoms with Crippen molar-refractivity contribution in [2.45, 2.75) is 436 Å². The second kappa shape index (κ2) is 61.2. The predicted octanol–water partition coefficient (Wildman–Crippen LogP) is 22.3. The molecule has 112 heavy (non-hydrogen) atoms. The summed E-state index contributed by atoms with van der Waals surface area (Å²) in [6.45, 7) is 31.5. The van der Waals surface area contributed by atoms with Crippen LogP contribution in [0.5, 0.6) is 0 Å². The van der Waals surface area contributed by atoms with E-state index in [0.29, 0.717) is 30.5 Å². The molecule has 7 saturated carbocycles. The number of hydrogen-bond acceptors (Lipinski definition) is 21. The first-order valence-corrected chi connectivity index (χ1v) is 43.8. The average molecular weight is 1610 g/mol. The first-order valence-electron chi connectivity index (χ1n) is 43.8. The van der Waals surface area contributed by atoms with Gasteiger partial charge in [-0.3, -0.25) is 33.6 Å². The topological polar surface area (TPSA) is 249 Å². The molecular formula is C88H159F3O21. The molecule has 0 bridgehead atoms. The largest absolute Gasteiger partial charge is 0.438 e. The smallest absolute Gasteiger partial charge is 0.404 e. The van der Waals surface area contributed by atoms with E-state index in [1.54, 1.807) is 0 Å². The van der Waals surface area contributed by atoms with Crippen LogP contribution in [0.25, 0.3) is 0 Å². The van der Waals surface area contributed by atoms with E-state index in [0.717, 1.165) is 155 Å². The second-order valence-corrected chi connectivity index (χ2v) is 33.8. The summed E-state index contributed by atoms with van der Waals surface area (Å²) in [5.74, 6) is -2.23. The molecule has 4 atom stereocenters. The number of carbonyl (C=O) groups excluding carboxylic acids is 7. The fourth-order valence-corrected chi connectivity index (χ4v) is 12.5. The highest BCUT2D eigenvalue weighted by molar-refractivity contribution is 5.78. The van der Waals surface area contributed by atoms with Gasteiger partial charge in [0, 0.05) is 0 Å². The summed E-state index contributed by atoms with van der Waals surface area (Å²) in [7, 11) is 0. The summed E-state index contributed by atoms with van der Waals surface area (Å²) in [5, 5.41) is 0. The Balaban J connectivity index is 0.000000654. The number of carbonyl (C=O) groups is 7. The molecule has 7 rings (SSSR count). The Morgan fingerprint density at radius 3 is 0.580 bits per heavy atom. The molecule has 0 radical (unpaired) electrons. The molecule has 7 aliphatic rings. The van der Waals surface area contributed by atoms with Crippen molar-refractivity contribution in [2.24, 2.45) is 39.4 Å². The first kappa shape index (κ1) is 106. The Labute approximate surface area is 675 Å². The monoisotopic (exact) mass is 1610 g/mol. The van der Waals surface area contributed by atoms with Gasteiger partial charge in [-0.25, -0.2) is 0 Å². The predicted molar refractivity (Wildman–Crippen MR) is 427 cm³/mol. The number of hydrogen-bond donors (Lipinski definition) is 0. The van der Waals surface area contributed by atoms with Gasteiger partial charge in [0.05, 0.1) is 76.7 Å². The Morgan fingerprint density at radius 1 is 0.259 bits per heavy atom. The molecular weight excluding hydrogens is 1450 g/mol. The van der Waals surface area contributed by atoms with Gasteiger partial charge in [-0.05, 0) is 183 Å². The molecule has 0 amide bonds. The minimum atomic E-state index is -4.61. The minimum Gasteiger partial charge on any atom is -0.438 e. The van der Waals surface area contributed by atoms with Crippen molar-refractivity contribution in [2.75, 3.05) is 47.6 Å². The molecule has 0 spiro atoms. The van der Waals surface area contributed by atoms with Gasteiger partial charge in [-0.15, -0.1) is 0 Å². The van der Waals surface area contributed by atoms with E-state index in [4.69, 9.17) is 61.6 Å². The van der Waals surface area contributed by atoms with Crippen LogP contribution in [-0.4, -0.2) is 138 Å². The molecule has 7 aliphatic carbocycles. The number of alkyl halides is 3. The quantitative estimate of drug-likeness (QED) is 0.0247. The molecule has 0 N–H and O–H groups in total. The second-order valence-electron chi connectivity index (χ2n) is 33.8. The van der Waals surface area contributed by atoms with Crippen LogP contribution < -0.4 is 0 Å². The maximum atomic E-state index is 12.8. The van der Waals surface area contributed by atoms with Crippen LogP contribution in [0.4, 0.5) is 13.2 Å². The van der Waals surface area contributed by atoms with Crippen LogP contribution in [0.2, 0.25) is 0 Å². The molecule has 4 unspecified atom stereocenters. The van der Waals surface area contributed by atoms with E-state index in [1.165, 1.54) is 122 Å². The van der Waals surface area contributed by atoms with Gasteiger partial charge in [-0.2, -0.15) is 13.2 Å². The lowest BCUT2D eigenvalue weighted by molar-refractivity contribution is -0.237. The molecule has 0 aromatic rings. The molecule has 0 aromatic heterocycles. The van der Waals surface area contributed by atoms with Crippen molar-refractivity contribution >= 4 is 41.8 Å². The van der Waals surface area contributed by atoms with Crippen LogP contribution in [0.1, 0.15) is 387 Å². The summed E-state index contributed by atoms with van der Waals surface area (Å²) in [4.78, 5) is 80.4. The van der Waals surface area contributed by atoms with Gasteiger partial charge in [0.1, 0.15) is 0 Å². The van der Waals surface area contributed by atoms with Gasteiger partial charge in [0.15, 0.2) is 53.0 Å². The van der Waals surface area contributed by atoms with E-state index in [-0.39, 0.29) is 118 Å². The third-order valence-corrected chi connectivity index (χ3v) is 23.5. The fourth-order valence-electron chi connectivity index (χ4n) is 12.5. The van der Waals surface area contributed by atoms with Crippen molar-refractivity contribution < 1.29 is 113 Å². The van der Waals surface area contributed by atoms with Gasteiger partial charge >= 0.3 is 48.0 Å². The average Bonchev–Trinajstić information content (AvgIpc) is 1.41. The van der Waals surface area contributed by atoms with E-state index in [9.17, 15) is 46.7 Å². The number of ether oxygens (including phenoxy) is 14. The highest BCUT2D eigenvalue weighted by Gasteiger charge is 2.56. The molecule has 658 valence electrons. The van der Waals surface area contributed by atoms with Crippen molar-refractivity contribution in [1.29, 1.82) is 0 Å². The van der Waals surface area contributed by atoms with E-state index in [2.05, 4.69) is 4.74 Å². The zero-order valence-corrected chi connectivity index (χ0v) is 73.1. The van der Waals surface area contributed by atoms with Crippen LogP contribution in [0.15, 0.2) is 0 Å². The highest BCUT2D eigenvalue weighted by Crippen LogP contribution is 2.42. The van der Waals surface area contributed by atoms with E-state index >= 15 is 0 Å². The minimum absolute atomic E-state index is 0.000296. The SMILES string of the molecule is CCC(C)(C(=O)OCOC1CCCCC1)C(F)(F)F.CCC(C)(C)C(=O)OCOC1CCCC1.CCC(C)(C)C(=O)OCOC1CCCCC1.CCC(C)(C)C(=O)OCOC1CCCCCC1.CCC(C)C(=O)OCOC1CCCC1.CCC(C)C(=O)OCOC1CCCCC1.CCC(C)C(=O)OCOC1CCCCCC1. The van der Waals surface area contributed by atoms with E-state index in [1.807, 2.05) is 104 Å². The molecule has 0 aliphatic heterocycles. The standard InChI is InChI=1S/C14H26O3.C13H21F3O3.2C13H24O3.2C12H22O3.C11H20O3/c1-4-14(2,3)13(15)17-11-16-12-9-7-5-6-8-10-12;1-3-12(2,13(14,15)16)11(17)19-9-18-10-7-5-4-6-8-10;1-4-13(2,3)12(14)16-10-15-11-8-6-5-7-9-11;1-3-11(2)13(14)16-10-15-12-8-6-4-5-7-9-12;1-4-12(2,3)11(13)15-9-14-10-7-5-6-8-10;1-3-10(2)12(13)15-9-14-11-7-5-4-6-8-11;1-3-9(2)11(12)14-8-13-10-6-4-5-7-10/h12H,4-11H2,1-3H3;10H,3-9H2,1-2H3;11H,4-10H2,1-3H3;11-12H,3-10H2,1-2H3;10H,4-9H2,1-3H3;10-11H,3-9H2,1-2H3;9-10H,3-8H2,1-2H3. The summed E-state index contributed by atoms with van der Waals surface area (Å²) >= 11 is 0. The van der Waals surface area contributed by atoms with Crippen molar-refractivity contribution in [3.63, 3.8) is 0 Å². The molecule has 21 nitrogen and oxygen atoms in total. The Hall–Kier alpha value is -4.20. The molecule has 0 aromatic carbocycles. The third-order valence-electron chi connectivity index (χ3n) is 23.5. The first-order chi connectivity index (χ1) is 53.2. The molecule has 0 saturated heterocycles. The Morgan fingerprint density at radius 2 is 0.420 bits per heavy atom. The van der Waals surface area contributed by atoms with Crippen molar-refractivity contribution in [1.82, 2.24) is 0 Å². The van der Waals surface area contributed by atoms with Gasteiger partial charge in [0.25, 0.3) is 0 Å². The summed E-state index contributed by atoms with van der Waals surface area (Å²) in [6, 6.07) is 0. The zero-order chi connectivity index (χ0) is 83.9.